The molecule has 0 aliphatic carbocycles. The molecule has 10 heteroatoms. The standard InChI is InChI=1S/C24H42N4O6/c1-19(29)13-26(14-20(2)30)10-7-25(8-11-27(15-21(3)31)16-22(4)32)9-12-28(17-23(5)33)18-24(6)34/h7-18H2,1-6H3. The number of hydrogen-bond acceptors (Lipinski definition) is 10. The summed E-state index contributed by atoms with van der Waals surface area (Å²) < 4.78 is 0. The maximum Gasteiger partial charge on any atom is 0.143 e. The first kappa shape index (κ1) is 31.9. The van der Waals surface area contributed by atoms with E-state index in [1.807, 2.05) is 0 Å². The lowest BCUT2D eigenvalue weighted by Gasteiger charge is -2.31. The predicted molar refractivity (Wildman–Crippen MR) is 130 cm³/mol. The third-order valence-electron chi connectivity index (χ3n) is 4.87. The number of ketones is 6. The molecule has 0 bridgehead atoms. The number of hydrogen-bond donors (Lipinski definition) is 0. The third kappa shape index (κ3) is 18.3. The molecule has 0 atom stereocenters. The van der Waals surface area contributed by atoms with Crippen LogP contribution >= 0.6 is 0 Å². The monoisotopic (exact) mass is 482 g/mol. The zero-order valence-electron chi connectivity index (χ0n) is 21.7. The highest BCUT2D eigenvalue weighted by molar-refractivity contribution is 5.82. The minimum atomic E-state index is -0.0315. The van der Waals surface area contributed by atoms with Gasteiger partial charge in [0.05, 0.1) is 39.3 Å². The first-order valence-electron chi connectivity index (χ1n) is 11.6. The Hall–Kier alpha value is -2.14. The van der Waals surface area contributed by atoms with Crippen molar-refractivity contribution in [3.63, 3.8) is 0 Å². The van der Waals surface area contributed by atoms with Gasteiger partial charge in [-0.1, -0.05) is 0 Å². The highest BCUT2D eigenvalue weighted by Gasteiger charge is 2.17. The molecule has 10 nitrogen and oxygen atoms in total. The smallest absolute Gasteiger partial charge is 0.143 e. The van der Waals surface area contributed by atoms with Gasteiger partial charge in [0.2, 0.25) is 0 Å². The summed E-state index contributed by atoms with van der Waals surface area (Å²) in [5.74, 6) is -0.189. The lowest BCUT2D eigenvalue weighted by atomic mass is 10.3. The molecule has 34 heavy (non-hydrogen) atoms. The van der Waals surface area contributed by atoms with Gasteiger partial charge >= 0.3 is 0 Å². The van der Waals surface area contributed by atoms with Crippen molar-refractivity contribution in [1.29, 1.82) is 0 Å². The van der Waals surface area contributed by atoms with Gasteiger partial charge in [-0.25, -0.2) is 0 Å². The largest absolute Gasteiger partial charge is 0.300 e. The summed E-state index contributed by atoms with van der Waals surface area (Å²) in [5.41, 5.74) is 0. The fraction of sp³-hybridized carbons (Fsp3) is 0.750. The molecule has 0 aromatic carbocycles. The van der Waals surface area contributed by atoms with Crippen molar-refractivity contribution in [2.75, 3.05) is 78.5 Å². The Morgan fingerprint density at radius 1 is 0.324 bits per heavy atom. The number of rotatable bonds is 21. The van der Waals surface area contributed by atoms with Crippen LogP contribution in [0.3, 0.4) is 0 Å². The molecule has 0 amide bonds. The molecule has 0 heterocycles. The molecule has 0 fully saturated rings. The Labute approximate surface area is 203 Å². The van der Waals surface area contributed by atoms with Crippen LogP contribution in [0.25, 0.3) is 0 Å². The molecule has 0 rings (SSSR count). The van der Waals surface area contributed by atoms with Crippen LogP contribution in [0, 0.1) is 0 Å². The zero-order chi connectivity index (χ0) is 26.3. The van der Waals surface area contributed by atoms with Crippen molar-refractivity contribution < 1.29 is 28.8 Å². The fourth-order valence-electron chi connectivity index (χ4n) is 3.72. The maximum atomic E-state index is 11.6. The Balaban J connectivity index is 5.35. The lowest BCUT2D eigenvalue weighted by molar-refractivity contribution is -0.122. The molecule has 0 unspecified atom stereocenters. The van der Waals surface area contributed by atoms with Gasteiger partial charge in [-0.3, -0.25) is 48.4 Å². The molecule has 0 aromatic rings. The van der Waals surface area contributed by atoms with Gasteiger partial charge in [-0.15, -0.1) is 0 Å². The highest BCUT2D eigenvalue weighted by Crippen LogP contribution is 2.00. The van der Waals surface area contributed by atoms with E-state index in [0.29, 0.717) is 39.3 Å². The molecule has 0 saturated carbocycles. The van der Waals surface area contributed by atoms with Crippen molar-refractivity contribution in [2.24, 2.45) is 0 Å². The van der Waals surface area contributed by atoms with E-state index >= 15 is 0 Å². The quantitative estimate of drug-likeness (QED) is 0.216. The summed E-state index contributed by atoms with van der Waals surface area (Å²) in [4.78, 5) is 77.2. The average Bonchev–Trinajstić information content (AvgIpc) is 2.63. The van der Waals surface area contributed by atoms with Crippen LogP contribution in [0.1, 0.15) is 41.5 Å². The van der Waals surface area contributed by atoms with Crippen LogP contribution in [-0.4, -0.2) is 133 Å². The molecular weight excluding hydrogens is 440 g/mol. The SMILES string of the molecule is CC(=O)CN(CCN(CCN(CC(C)=O)CC(C)=O)CCN(CC(C)=O)CC(C)=O)CC(C)=O. The van der Waals surface area contributed by atoms with Gasteiger partial charge in [0, 0.05) is 39.3 Å². The minimum absolute atomic E-state index is 0.0315. The second kappa shape index (κ2) is 17.3. The minimum Gasteiger partial charge on any atom is -0.300 e. The lowest BCUT2D eigenvalue weighted by Crippen LogP contribution is -2.46. The molecule has 0 N–H and O–H groups in total. The van der Waals surface area contributed by atoms with Crippen LogP contribution < -0.4 is 0 Å². The normalized spacial score (nSPS) is 11.5. The van der Waals surface area contributed by atoms with E-state index in [1.165, 1.54) is 41.5 Å². The van der Waals surface area contributed by atoms with Gasteiger partial charge in [-0.05, 0) is 41.5 Å². The summed E-state index contributed by atoms with van der Waals surface area (Å²) in [6, 6.07) is 0. The molecule has 0 radical (unpaired) electrons. The molecule has 0 saturated heterocycles. The van der Waals surface area contributed by atoms with E-state index in [4.69, 9.17) is 0 Å². The number of carbonyl (C=O) groups is 6. The number of carbonyl (C=O) groups excluding carboxylic acids is 6. The Morgan fingerprint density at radius 2 is 0.471 bits per heavy atom. The Morgan fingerprint density at radius 3 is 0.618 bits per heavy atom. The third-order valence-corrected chi connectivity index (χ3v) is 4.87. The van der Waals surface area contributed by atoms with E-state index in [1.54, 1.807) is 14.7 Å². The average molecular weight is 483 g/mol. The molecule has 0 aliphatic rings. The zero-order valence-corrected chi connectivity index (χ0v) is 21.7. The Kier molecular flexibility index (Phi) is 16.2. The highest BCUT2D eigenvalue weighted by atomic mass is 16.1. The molecule has 0 aliphatic heterocycles. The van der Waals surface area contributed by atoms with Gasteiger partial charge in [0.15, 0.2) is 0 Å². The number of Topliss-reactive ketones (excluding diaryl/α,β-unsaturated/α-hetero) is 6. The van der Waals surface area contributed by atoms with Crippen LogP contribution in [0.2, 0.25) is 0 Å². The molecular formula is C24H42N4O6. The van der Waals surface area contributed by atoms with E-state index < -0.39 is 0 Å². The van der Waals surface area contributed by atoms with Crippen molar-refractivity contribution >= 4 is 34.7 Å². The van der Waals surface area contributed by atoms with Gasteiger partial charge in [0.1, 0.15) is 34.7 Å². The predicted octanol–water partition coefficient (Wildman–Crippen LogP) is -0.272. The van der Waals surface area contributed by atoms with Gasteiger partial charge in [-0.2, -0.15) is 0 Å². The Bertz CT molecular complexity index is 581. The maximum absolute atomic E-state index is 11.6. The van der Waals surface area contributed by atoms with E-state index in [0.717, 1.165) is 0 Å². The van der Waals surface area contributed by atoms with Crippen molar-refractivity contribution in [3.05, 3.63) is 0 Å². The summed E-state index contributed by atoms with van der Waals surface area (Å²) in [6.07, 6.45) is 0. The summed E-state index contributed by atoms with van der Waals surface area (Å²) in [5, 5.41) is 0. The summed E-state index contributed by atoms with van der Waals surface area (Å²) in [7, 11) is 0. The first-order chi connectivity index (χ1) is 15.8. The van der Waals surface area contributed by atoms with Crippen molar-refractivity contribution in [2.45, 2.75) is 41.5 Å². The molecule has 0 aromatic heterocycles. The van der Waals surface area contributed by atoms with Gasteiger partial charge in [0.25, 0.3) is 0 Å². The summed E-state index contributed by atoms with van der Waals surface area (Å²) >= 11 is 0. The van der Waals surface area contributed by atoms with Crippen LogP contribution in [-0.2, 0) is 28.8 Å². The van der Waals surface area contributed by atoms with E-state index in [9.17, 15) is 28.8 Å². The second-order valence-corrected chi connectivity index (χ2v) is 9.19. The topological polar surface area (TPSA) is 115 Å². The van der Waals surface area contributed by atoms with E-state index in [-0.39, 0.29) is 74.0 Å². The van der Waals surface area contributed by atoms with Crippen molar-refractivity contribution in [1.82, 2.24) is 19.6 Å². The van der Waals surface area contributed by atoms with E-state index in [2.05, 4.69) is 4.90 Å². The molecule has 0 spiro atoms. The van der Waals surface area contributed by atoms with Gasteiger partial charge < -0.3 is 0 Å². The molecule has 194 valence electrons. The van der Waals surface area contributed by atoms with Crippen LogP contribution in [0.15, 0.2) is 0 Å². The summed E-state index contributed by atoms with van der Waals surface area (Å²) in [6.45, 7) is 13.0. The van der Waals surface area contributed by atoms with Crippen molar-refractivity contribution in [3.8, 4) is 0 Å². The number of nitrogens with zero attached hydrogens (tertiary/aromatic N) is 4. The van der Waals surface area contributed by atoms with Crippen LogP contribution in [0.5, 0.6) is 0 Å². The van der Waals surface area contributed by atoms with Crippen LogP contribution in [0.4, 0.5) is 0 Å². The first-order valence-corrected chi connectivity index (χ1v) is 11.6. The fourth-order valence-corrected chi connectivity index (χ4v) is 3.72. The second-order valence-electron chi connectivity index (χ2n) is 9.19.